The Morgan fingerprint density at radius 3 is 2.67 bits per heavy atom. The van der Waals surface area contributed by atoms with Crippen LogP contribution in [0.15, 0.2) is 24.5 Å². The van der Waals surface area contributed by atoms with E-state index >= 15 is 0 Å². The molecular formula is C16H21N5O3. The zero-order valence-corrected chi connectivity index (χ0v) is 14.2. The van der Waals surface area contributed by atoms with Gasteiger partial charge in [0.2, 0.25) is 11.6 Å². The van der Waals surface area contributed by atoms with E-state index in [-0.39, 0.29) is 23.4 Å². The summed E-state index contributed by atoms with van der Waals surface area (Å²) >= 11 is 0. The van der Waals surface area contributed by atoms with Gasteiger partial charge in [0, 0.05) is 18.8 Å². The van der Waals surface area contributed by atoms with Gasteiger partial charge in [0.1, 0.15) is 6.33 Å². The molecule has 0 amide bonds. The third-order valence-corrected chi connectivity index (χ3v) is 3.66. The summed E-state index contributed by atoms with van der Waals surface area (Å²) in [5, 5.41) is 17.6. The maximum atomic E-state index is 11.5. The van der Waals surface area contributed by atoms with E-state index in [0.29, 0.717) is 6.61 Å². The molecule has 1 aromatic heterocycles. The first kappa shape index (κ1) is 17.6. The van der Waals surface area contributed by atoms with Gasteiger partial charge >= 0.3 is 5.69 Å². The molecular weight excluding hydrogens is 310 g/mol. The number of nitrogens with zero attached hydrogens (tertiary/aromatic N) is 3. The van der Waals surface area contributed by atoms with Gasteiger partial charge in [-0.3, -0.25) is 10.1 Å². The normalized spacial score (nSPS) is 11.8. The van der Waals surface area contributed by atoms with Crippen LogP contribution in [0.25, 0.3) is 0 Å². The van der Waals surface area contributed by atoms with Gasteiger partial charge in [0.15, 0.2) is 0 Å². The summed E-state index contributed by atoms with van der Waals surface area (Å²) in [6.07, 6.45) is 1.29. The average Bonchev–Trinajstić information content (AvgIpc) is 2.52. The highest BCUT2D eigenvalue weighted by Crippen LogP contribution is 2.32. The van der Waals surface area contributed by atoms with Crippen LogP contribution >= 0.6 is 0 Å². The molecule has 0 bridgehead atoms. The molecule has 0 spiro atoms. The highest BCUT2D eigenvalue weighted by molar-refractivity contribution is 5.75. The van der Waals surface area contributed by atoms with Gasteiger partial charge in [-0.05, 0) is 38.0 Å². The molecule has 1 aromatic carbocycles. The van der Waals surface area contributed by atoms with E-state index < -0.39 is 4.92 Å². The lowest BCUT2D eigenvalue weighted by atomic mass is 10.1. The molecule has 2 rings (SSSR count). The van der Waals surface area contributed by atoms with Crippen molar-refractivity contribution in [2.75, 3.05) is 24.4 Å². The van der Waals surface area contributed by atoms with E-state index in [1.807, 2.05) is 39.0 Å². The second-order valence-electron chi connectivity index (χ2n) is 5.55. The van der Waals surface area contributed by atoms with Crippen LogP contribution in [0.4, 0.5) is 23.0 Å². The number of rotatable bonds is 7. The van der Waals surface area contributed by atoms with Crippen molar-refractivity contribution >= 4 is 23.0 Å². The van der Waals surface area contributed by atoms with Gasteiger partial charge in [-0.15, -0.1) is 0 Å². The van der Waals surface area contributed by atoms with E-state index in [1.165, 1.54) is 6.33 Å². The number of ether oxygens (including phenoxy) is 1. The Morgan fingerprint density at radius 1 is 1.29 bits per heavy atom. The SMILES string of the molecule is COCC(C)Nc1ncnc(Nc2cccc(C)c2C)c1[N+](=O)[O-]. The summed E-state index contributed by atoms with van der Waals surface area (Å²) in [5.74, 6) is 0.308. The van der Waals surface area contributed by atoms with E-state index in [9.17, 15) is 10.1 Å². The van der Waals surface area contributed by atoms with Crippen LogP contribution in [-0.4, -0.2) is 34.6 Å². The molecule has 0 saturated heterocycles. The van der Waals surface area contributed by atoms with E-state index in [4.69, 9.17) is 4.74 Å². The van der Waals surface area contributed by atoms with Crippen molar-refractivity contribution in [2.45, 2.75) is 26.8 Å². The number of aromatic nitrogens is 2. The van der Waals surface area contributed by atoms with Crippen LogP contribution in [-0.2, 0) is 4.74 Å². The first-order valence-corrected chi connectivity index (χ1v) is 7.52. The fourth-order valence-corrected chi connectivity index (χ4v) is 2.29. The Balaban J connectivity index is 2.39. The first-order chi connectivity index (χ1) is 11.4. The molecule has 8 heteroatoms. The summed E-state index contributed by atoms with van der Waals surface area (Å²) in [6.45, 7) is 6.19. The predicted octanol–water partition coefficient (Wildman–Crippen LogP) is 3.19. The van der Waals surface area contributed by atoms with Crippen molar-refractivity contribution in [3.63, 3.8) is 0 Å². The standard InChI is InChI=1S/C16H21N5O3/c1-10-6-5-7-13(12(10)3)20-16-14(21(22)23)15(17-9-18-16)19-11(2)8-24-4/h5-7,9,11H,8H2,1-4H3,(H2,17,18,19,20). The van der Waals surface area contributed by atoms with Crippen molar-refractivity contribution in [3.8, 4) is 0 Å². The molecule has 0 fully saturated rings. The van der Waals surface area contributed by atoms with Gasteiger partial charge in [0.05, 0.1) is 11.5 Å². The van der Waals surface area contributed by atoms with Crippen molar-refractivity contribution in [3.05, 3.63) is 45.8 Å². The zero-order valence-electron chi connectivity index (χ0n) is 14.2. The average molecular weight is 331 g/mol. The molecule has 1 atom stereocenters. The largest absolute Gasteiger partial charge is 0.383 e. The lowest BCUT2D eigenvalue weighted by molar-refractivity contribution is -0.383. The molecule has 0 aliphatic heterocycles. The number of nitro groups is 1. The second kappa shape index (κ2) is 7.69. The Labute approximate surface area is 140 Å². The van der Waals surface area contributed by atoms with Gasteiger partial charge in [0.25, 0.3) is 0 Å². The van der Waals surface area contributed by atoms with Crippen LogP contribution < -0.4 is 10.6 Å². The van der Waals surface area contributed by atoms with Crippen LogP contribution in [0.5, 0.6) is 0 Å². The quantitative estimate of drug-likeness (QED) is 0.593. The Bertz CT molecular complexity index is 736. The third-order valence-electron chi connectivity index (χ3n) is 3.66. The van der Waals surface area contributed by atoms with E-state index in [0.717, 1.165) is 16.8 Å². The van der Waals surface area contributed by atoms with Gasteiger partial charge < -0.3 is 15.4 Å². The Hall–Kier alpha value is -2.74. The predicted molar refractivity (Wildman–Crippen MR) is 92.8 cm³/mol. The molecule has 0 saturated carbocycles. The minimum Gasteiger partial charge on any atom is -0.383 e. The lowest BCUT2D eigenvalue weighted by Gasteiger charge is -2.15. The fourth-order valence-electron chi connectivity index (χ4n) is 2.29. The number of methoxy groups -OCH3 is 1. The molecule has 24 heavy (non-hydrogen) atoms. The number of nitrogens with one attached hydrogen (secondary N) is 2. The summed E-state index contributed by atoms with van der Waals surface area (Å²) in [7, 11) is 1.57. The minimum absolute atomic E-state index is 0.128. The molecule has 1 unspecified atom stereocenters. The zero-order chi connectivity index (χ0) is 17.7. The van der Waals surface area contributed by atoms with Crippen LogP contribution in [0.3, 0.4) is 0 Å². The van der Waals surface area contributed by atoms with Crippen molar-refractivity contribution in [1.82, 2.24) is 9.97 Å². The lowest BCUT2D eigenvalue weighted by Crippen LogP contribution is -2.22. The highest BCUT2D eigenvalue weighted by Gasteiger charge is 2.24. The van der Waals surface area contributed by atoms with Crippen molar-refractivity contribution < 1.29 is 9.66 Å². The van der Waals surface area contributed by atoms with E-state index in [2.05, 4.69) is 20.6 Å². The number of anilines is 3. The minimum atomic E-state index is -0.491. The van der Waals surface area contributed by atoms with Crippen LogP contribution in [0, 0.1) is 24.0 Å². The van der Waals surface area contributed by atoms with E-state index in [1.54, 1.807) is 7.11 Å². The fraction of sp³-hybridized carbons (Fsp3) is 0.375. The van der Waals surface area contributed by atoms with Crippen molar-refractivity contribution in [2.24, 2.45) is 0 Å². The van der Waals surface area contributed by atoms with Crippen LogP contribution in [0.2, 0.25) is 0 Å². The Kier molecular flexibility index (Phi) is 5.64. The molecule has 128 valence electrons. The molecule has 8 nitrogen and oxygen atoms in total. The maximum Gasteiger partial charge on any atom is 0.353 e. The molecule has 0 aliphatic rings. The number of hydrogen-bond donors (Lipinski definition) is 2. The summed E-state index contributed by atoms with van der Waals surface area (Å²) in [5.41, 5.74) is 2.67. The molecule has 0 radical (unpaired) electrons. The summed E-state index contributed by atoms with van der Waals surface area (Å²) in [6, 6.07) is 5.60. The van der Waals surface area contributed by atoms with Crippen LogP contribution in [0.1, 0.15) is 18.1 Å². The first-order valence-electron chi connectivity index (χ1n) is 7.52. The molecule has 2 aromatic rings. The molecule has 2 N–H and O–H groups in total. The molecule has 1 heterocycles. The maximum absolute atomic E-state index is 11.5. The monoisotopic (exact) mass is 331 g/mol. The Morgan fingerprint density at radius 2 is 2.00 bits per heavy atom. The van der Waals surface area contributed by atoms with Gasteiger partial charge in [-0.25, -0.2) is 9.97 Å². The number of benzene rings is 1. The second-order valence-corrected chi connectivity index (χ2v) is 5.55. The highest BCUT2D eigenvalue weighted by atomic mass is 16.6. The molecule has 0 aliphatic carbocycles. The third kappa shape index (κ3) is 3.96. The number of hydrogen-bond acceptors (Lipinski definition) is 7. The number of aryl methyl sites for hydroxylation is 1. The smallest absolute Gasteiger partial charge is 0.353 e. The van der Waals surface area contributed by atoms with Gasteiger partial charge in [-0.1, -0.05) is 12.1 Å². The van der Waals surface area contributed by atoms with Crippen molar-refractivity contribution in [1.29, 1.82) is 0 Å². The summed E-state index contributed by atoms with van der Waals surface area (Å²) in [4.78, 5) is 19.1. The van der Waals surface area contributed by atoms with Gasteiger partial charge in [-0.2, -0.15) is 0 Å². The topological polar surface area (TPSA) is 102 Å². The summed E-state index contributed by atoms with van der Waals surface area (Å²) < 4.78 is 5.04.